The summed E-state index contributed by atoms with van der Waals surface area (Å²) >= 11 is 0. The Morgan fingerprint density at radius 1 is 0.933 bits per heavy atom. The third-order valence-corrected chi connectivity index (χ3v) is 5.47. The van der Waals surface area contributed by atoms with E-state index in [1.165, 1.54) is 36.4 Å². The van der Waals surface area contributed by atoms with Crippen LogP contribution in [0.25, 0.3) is 11.3 Å². The first-order valence-electron chi connectivity index (χ1n) is 10.4. The van der Waals surface area contributed by atoms with Crippen LogP contribution in [0.3, 0.4) is 0 Å². The maximum atomic E-state index is 12.4. The van der Waals surface area contributed by atoms with Crippen LogP contribution in [-0.2, 0) is 11.3 Å². The zero-order valence-corrected chi connectivity index (χ0v) is 16.9. The maximum absolute atomic E-state index is 12.4. The van der Waals surface area contributed by atoms with Gasteiger partial charge in [0.2, 0.25) is 5.91 Å². The molecule has 0 atom stereocenters. The Morgan fingerprint density at radius 2 is 1.63 bits per heavy atom. The van der Waals surface area contributed by atoms with Crippen LogP contribution >= 0.6 is 0 Å². The molecule has 1 heterocycles. The van der Waals surface area contributed by atoms with Crippen LogP contribution in [-0.4, -0.2) is 22.2 Å². The molecule has 1 saturated carbocycles. The predicted octanol–water partition coefficient (Wildman–Crippen LogP) is 4.15. The molecule has 3 aromatic rings. The van der Waals surface area contributed by atoms with E-state index in [0.717, 1.165) is 23.7 Å². The summed E-state index contributed by atoms with van der Waals surface area (Å²) < 4.78 is 1.19. The quantitative estimate of drug-likeness (QED) is 0.622. The van der Waals surface area contributed by atoms with Crippen LogP contribution in [0.4, 0.5) is 11.4 Å². The van der Waals surface area contributed by atoms with Crippen LogP contribution in [0.1, 0.15) is 25.7 Å². The van der Waals surface area contributed by atoms with Crippen LogP contribution < -0.4 is 16.2 Å². The molecule has 1 aliphatic rings. The van der Waals surface area contributed by atoms with Gasteiger partial charge in [0.05, 0.1) is 5.69 Å². The van der Waals surface area contributed by atoms with Gasteiger partial charge in [-0.25, -0.2) is 4.68 Å². The number of nitrogens with zero attached hydrogens (tertiary/aromatic N) is 2. The average Bonchev–Trinajstić information content (AvgIpc) is 3.29. The van der Waals surface area contributed by atoms with Gasteiger partial charge in [0, 0.05) is 29.5 Å². The Labute approximate surface area is 175 Å². The summed E-state index contributed by atoms with van der Waals surface area (Å²) in [6, 6.07) is 20.3. The Bertz CT molecular complexity index is 1040. The minimum atomic E-state index is -0.309. The molecule has 0 radical (unpaired) electrons. The van der Waals surface area contributed by atoms with Crippen molar-refractivity contribution in [2.75, 3.05) is 17.2 Å². The molecule has 2 N–H and O–H groups in total. The first-order chi connectivity index (χ1) is 14.7. The lowest BCUT2D eigenvalue weighted by molar-refractivity contribution is -0.117. The largest absolute Gasteiger partial charge is 0.385 e. The average molecular weight is 402 g/mol. The lowest BCUT2D eigenvalue weighted by Crippen LogP contribution is -2.29. The monoisotopic (exact) mass is 402 g/mol. The van der Waals surface area contributed by atoms with E-state index in [1.807, 2.05) is 54.6 Å². The molecule has 1 aromatic heterocycles. The smallest absolute Gasteiger partial charge is 0.267 e. The predicted molar refractivity (Wildman–Crippen MR) is 119 cm³/mol. The molecule has 30 heavy (non-hydrogen) atoms. The lowest BCUT2D eigenvalue weighted by atomic mass is 10.1. The first-order valence-corrected chi connectivity index (χ1v) is 10.4. The molecule has 4 rings (SSSR count). The number of amides is 1. The topological polar surface area (TPSA) is 76.0 Å². The minimum absolute atomic E-state index is 0.138. The molecule has 1 amide bonds. The molecule has 6 heteroatoms. The Morgan fingerprint density at radius 3 is 2.37 bits per heavy atom. The van der Waals surface area contributed by atoms with Crippen molar-refractivity contribution < 1.29 is 4.79 Å². The van der Waals surface area contributed by atoms with Crippen LogP contribution in [0.15, 0.2) is 71.5 Å². The molecule has 1 fully saturated rings. The Hall–Kier alpha value is -3.41. The molecule has 6 nitrogen and oxygen atoms in total. The molecule has 2 aromatic carbocycles. The second kappa shape index (κ2) is 9.39. The number of anilines is 2. The van der Waals surface area contributed by atoms with Gasteiger partial charge < -0.3 is 10.6 Å². The lowest BCUT2D eigenvalue weighted by Gasteiger charge is -2.12. The van der Waals surface area contributed by atoms with Gasteiger partial charge in [-0.1, -0.05) is 43.2 Å². The normalized spacial score (nSPS) is 13.9. The standard InChI is InChI=1S/C24H26N4O2/c29-23(17-28-24(30)15-14-22(27-28)19-8-2-1-3-9-19)26-21-12-10-20(11-13-21)25-16-18-6-4-5-7-18/h1-3,8-15,18,25H,4-7,16-17H2,(H,26,29). The summed E-state index contributed by atoms with van der Waals surface area (Å²) in [4.78, 5) is 24.6. The summed E-state index contributed by atoms with van der Waals surface area (Å²) in [6.07, 6.45) is 5.28. The number of carbonyl (C=O) groups excluding carboxylic acids is 1. The van der Waals surface area contributed by atoms with Gasteiger partial charge in [0.15, 0.2) is 0 Å². The third kappa shape index (κ3) is 5.14. The second-order valence-electron chi connectivity index (χ2n) is 7.74. The van der Waals surface area contributed by atoms with Crippen LogP contribution in [0.2, 0.25) is 0 Å². The van der Waals surface area contributed by atoms with E-state index in [4.69, 9.17) is 0 Å². The van der Waals surface area contributed by atoms with E-state index in [9.17, 15) is 9.59 Å². The van der Waals surface area contributed by atoms with Gasteiger partial charge in [0.1, 0.15) is 6.54 Å². The molecule has 0 bridgehead atoms. The Kier molecular flexibility index (Phi) is 6.23. The minimum Gasteiger partial charge on any atom is -0.385 e. The molecular weight excluding hydrogens is 376 g/mol. The molecule has 154 valence electrons. The van der Waals surface area contributed by atoms with Crippen molar-refractivity contribution in [2.45, 2.75) is 32.2 Å². The highest BCUT2D eigenvalue weighted by atomic mass is 16.2. The van der Waals surface area contributed by atoms with Crippen molar-refractivity contribution in [1.82, 2.24) is 9.78 Å². The van der Waals surface area contributed by atoms with Gasteiger partial charge in [0.25, 0.3) is 5.56 Å². The summed E-state index contributed by atoms with van der Waals surface area (Å²) in [5, 5.41) is 10.6. The van der Waals surface area contributed by atoms with E-state index in [-0.39, 0.29) is 18.0 Å². The van der Waals surface area contributed by atoms with Gasteiger partial charge in [-0.2, -0.15) is 5.10 Å². The molecule has 0 unspecified atom stereocenters. The van der Waals surface area contributed by atoms with Crippen LogP contribution in [0, 0.1) is 5.92 Å². The number of aromatic nitrogens is 2. The van der Waals surface area contributed by atoms with Crippen molar-refractivity contribution in [2.24, 2.45) is 5.92 Å². The fourth-order valence-electron chi connectivity index (χ4n) is 3.81. The van der Waals surface area contributed by atoms with Gasteiger partial charge in [-0.05, 0) is 49.1 Å². The van der Waals surface area contributed by atoms with E-state index in [0.29, 0.717) is 11.4 Å². The number of rotatable bonds is 7. The van der Waals surface area contributed by atoms with E-state index < -0.39 is 0 Å². The summed E-state index contributed by atoms with van der Waals surface area (Å²) in [7, 11) is 0. The highest BCUT2D eigenvalue weighted by Crippen LogP contribution is 2.25. The number of hydrogen-bond donors (Lipinski definition) is 2. The fraction of sp³-hybridized carbons (Fsp3) is 0.292. The summed E-state index contributed by atoms with van der Waals surface area (Å²) in [5.74, 6) is 0.475. The number of benzene rings is 2. The van der Waals surface area contributed by atoms with Crippen molar-refractivity contribution in [3.63, 3.8) is 0 Å². The summed E-state index contributed by atoms with van der Waals surface area (Å²) in [6.45, 7) is 0.860. The number of hydrogen-bond acceptors (Lipinski definition) is 4. The number of carbonyl (C=O) groups is 1. The third-order valence-electron chi connectivity index (χ3n) is 5.47. The SMILES string of the molecule is O=C(Cn1nc(-c2ccccc2)ccc1=O)Nc1ccc(NCC2CCCC2)cc1. The summed E-state index contributed by atoms with van der Waals surface area (Å²) in [5.41, 5.74) is 2.98. The number of nitrogens with one attached hydrogen (secondary N) is 2. The van der Waals surface area contributed by atoms with Gasteiger partial charge >= 0.3 is 0 Å². The molecule has 0 saturated heterocycles. The molecular formula is C24H26N4O2. The maximum Gasteiger partial charge on any atom is 0.267 e. The van der Waals surface area contributed by atoms with Crippen LogP contribution in [0.5, 0.6) is 0 Å². The second-order valence-corrected chi connectivity index (χ2v) is 7.74. The van der Waals surface area contributed by atoms with E-state index in [2.05, 4.69) is 15.7 Å². The zero-order chi connectivity index (χ0) is 20.8. The van der Waals surface area contributed by atoms with E-state index in [1.54, 1.807) is 6.07 Å². The molecule has 0 spiro atoms. The first kappa shape index (κ1) is 19.9. The Balaban J connectivity index is 1.35. The highest BCUT2D eigenvalue weighted by Gasteiger charge is 2.14. The van der Waals surface area contributed by atoms with Crippen molar-refractivity contribution in [3.05, 3.63) is 77.1 Å². The molecule has 0 aliphatic heterocycles. The fourth-order valence-corrected chi connectivity index (χ4v) is 3.81. The van der Waals surface area contributed by atoms with E-state index >= 15 is 0 Å². The zero-order valence-electron chi connectivity index (χ0n) is 16.9. The highest BCUT2D eigenvalue weighted by molar-refractivity contribution is 5.90. The molecule has 1 aliphatic carbocycles. The van der Waals surface area contributed by atoms with Crippen molar-refractivity contribution >= 4 is 17.3 Å². The van der Waals surface area contributed by atoms with Crippen molar-refractivity contribution in [1.29, 1.82) is 0 Å². The van der Waals surface area contributed by atoms with Gasteiger partial charge in [-0.3, -0.25) is 9.59 Å². The van der Waals surface area contributed by atoms with Gasteiger partial charge in [-0.15, -0.1) is 0 Å². The van der Waals surface area contributed by atoms with Crippen molar-refractivity contribution in [3.8, 4) is 11.3 Å².